The number of Topliss-reactive ketones (excluding diaryl/α,β-unsaturated/α-hetero) is 1. The van der Waals surface area contributed by atoms with Crippen LogP contribution in [0.3, 0.4) is 0 Å². The fourth-order valence-electron chi connectivity index (χ4n) is 9.31. The summed E-state index contributed by atoms with van der Waals surface area (Å²) in [5.74, 6) is -0.960. The summed E-state index contributed by atoms with van der Waals surface area (Å²) in [7, 11) is 0. The molecule has 2 fully saturated rings. The van der Waals surface area contributed by atoms with Crippen molar-refractivity contribution >= 4 is 52.1 Å². The predicted octanol–water partition coefficient (Wildman–Crippen LogP) is 7.02. The van der Waals surface area contributed by atoms with Gasteiger partial charge in [0.15, 0.2) is 11.5 Å². The van der Waals surface area contributed by atoms with Gasteiger partial charge in [0, 0.05) is 48.9 Å². The standard InChI is InChI=1S/C53H56N8O8/c1-53(23-6-24-53)36-14-16-37(17-15-36)60-48(40-12-5-25-56-47(40)54)58-43-19-18-41(57-49(43)60)35-9-2-7-34(33-35)8-3-10-38(62)22-27-67-29-31-69-32-30-68-28-26-55-42-13-4-11-39-46(42)52(66)61(51(39)65)44-20-21-45(63)59-50(44)64/h2,4-5,7,9,11-19,25,33,44,55H,3,6,8,10,20-24,26-32H2,1H3,(H2,54,56)(H,59,63,64). The van der Waals surface area contributed by atoms with Crippen LogP contribution in [-0.4, -0.2) is 106 Å². The molecule has 2 aliphatic heterocycles. The second-order valence-corrected chi connectivity index (χ2v) is 18.0. The van der Waals surface area contributed by atoms with E-state index in [1.807, 2.05) is 30.3 Å². The van der Waals surface area contributed by atoms with Crippen LogP contribution < -0.4 is 16.4 Å². The van der Waals surface area contributed by atoms with Gasteiger partial charge in [-0.1, -0.05) is 49.7 Å². The third-order valence-electron chi connectivity index (χ3n) is 13.3. The van der Waals surface area contributed by atoms with Crippen molar-refractivity contribution in [3.63, 3.8) is 0 Å². The molecule has 16 nitrogen and oxygen atoms in total. The largest absolute Gasteiger partial charge is 0.383 e. The Labute approximate surface area is 400 Å². The van der Waals surface area contributed by atoms with Crippen LogP contribution in [0.5, 0.6) is 0 Å². The van der Waals surface area contributed by atoms with Crippen molar-refractivity contribution in [1.29, 1.82) is 0 Å². The minimum atomic E-state index is -1.03. The zero-order valence-electron chi connectivity index (χ0n) is 38.7. The Hall–Kier alpha value is -7.14. The Morgan fingerprint density at radius 2 is 1.58 bits per heavy atom. The van der Waals surface area contributed by atoms with Gasteiger partial charge in [-0.05, 0) is 103 Å². The van der Waals surface area contributed by atoms with Crippen LogP contribution in [0.4, 0.5) is 11.5 Å². The topological polar surface area (TPSA) is 210 Å². The second kappa shape index (κ2) is 21.0. The van der Waals surface area contributed by atoms with E-state index in [2.05, 4.69) is 69.6 Å². The van der Waals surface area contributed by atoms with Crippen molar-refractivity contribution < 1.29 is 38.2 Å². The number of nitrogen functional groups attached to an aromatic ring is 1. The van der Waals surface area contributed by atoms with Crippen molar-refractivity contribution in [2.75, 3.05) is 57.2 Å². The second-order valence-electron chi connectivity index (χ2n) is 18.0. The Morgan fingerprint density at radius 3 is 2.33 bits per heavy atom. The molecule has 16 heteroatoms. The number of ketones is 1. The van der Waals surface area contributed by atoms with Crippen molar-refractivity contribution in [1.82, 2.24) is 29.7 Å². The average Bonchev–Trinajstić information content (AvgIpc) is 3.85. The smallest absolute Gasteiger partial charge is 0.264 e. The quantitative estimate of drug-likeness (QED) is 0.0462. The van der Waals surface area contributed by atoms with Gasteiger partial charge in [0.1, 0.15) is 23.2 Å². The molecule has 0 bridgehead atoms. The fourth-order valence-corrected chi connectivity index (χ4v) is 9.31. The van der Waals surface area contributed by atoms with Crippen molar-refractivity contribution in [2.45, 2.75) is 76.2 Å². The third kappa shape index (κ3) is 10.3. The van der Waals surface area contributed by atoms with Crippen LogP contribution in [0.25, 0.3) is 39.5 Å². The van der Waals surface area contributed by atoms with Crippen LogP contribution >= 0.6 is 0 Å². The number of pyridine rings is 2. The number of carbonyl (C=O) groups excluding carboxylic acids is 5. The first-order valence-corrected chi connectivity index (χ1v) is 23.7. The molecule has 1 saturated heterocycles. The number of nitrogens with one attached hydrogen (secondary N) is 2. The van der Waals surface area contributed by atoms with Crippen molar-refractivity contribution in [3.8, 4) is 28.3 Å². The van der Waals surface area contributed by atoms with E-state index >= 15 is 0 Å². The van der Waals surface area contributed by atoms with Gasteiger partial charge in [-0.3, -0.25) is 38.8 Å². The number of imidazole rings is 1. The lowest BCUT2D eigenvalue weighted by atomic mass is 9.66. The van der Waals surface area contributed by atoms with Crippen LogP contribution in [0.1, 0.15) is 90.1 Å². The molecule has 1 aliphatic carbocycles. The molecule has 5 heterocycles. The van der Waals surface area contributed by atoms with E-state index in [-0.39, 0.29) is 35.2 Å². The van der Waals surface area contributed by atoms with E-state index in [0.29, 0.717) is 76.4 Å². The normalized spacial score (nSPS) is 16.4. The maximum absolute atomic E-state index is 13.3. The molecule has 4 amide bonds. The molecule has 0 radical (unpaired) electrons. The van der Waals surface area contributed by atoms with Gasteiger partial charge in [-0.2, -0.15) is 0 Å². The summed E-state index contributed by atoms with van der Waals surface area (Å²) in [4.78, 5) is 78.5. The molecule has 6 aromatic rings. The van der Waals surface area contributed by atoms with Crippen LogP contribution in [0.15, 0.2) is 97.2 Å². The summed E-state index contributed by atoms with van der Waals surface area (Å²) in [6.45, 7) is 4.75. The fraction of sp³-hybridized carbons (Fsp3) is 0.358. The van der Waals surface area contributed by atoms with Gasteiger partial charge >= 0.3 is 0 Å². The molecule has 0 spiro atoms. The molecular formula is C53H56N8O8. The third-order valence-corrected chi connectivity index (χ3v) is 13.3. The van der Waals surface area contributed by atoms with Crippen LogP contribution in [0, 0.1) is 0 Å². The van der Waals surface area contributed by atoms with Gasteiger partial charge in [0.25, 0.3) is 11.8 Å². The zero-order valence-corrected chi connectivity index (χ0v) is 38.7. The number of rotatable bonds is 22. The highest BCUT2D eigenvalue weighted by atomic mass is 16.5. The number of benzene rings is 3. The van der Waals surface area contributed by atoms with Crippen molar-refractivity contribution in [2.24, 2.45) is 0 Å². The summed E-state index contributed by atoms with van der Waals surface area (Å²) in [5, 5.41) is 5.35. The highest BCUT2D eigenvalue weighted by molar-refractivity contribution is 6.25. The Kier molecular flexibility index (Phi) is 14.3. The number of nitrogens with two attached hydrogens (primary N) is 1. The molecule has 3 aliphatic rings. The van der Waals surface area contributed by atoms with Crippen LogP contribution in [0.2, 0.25) is 0 Å². The van der Waals surface area contributed by atoms with Gasteiger partial charge in [-0.25, -0.2) is 15.0 Å². The Morgan fingerprint density at radius 1 is 0.826 bits per heavy atom. The number of fused-ring (bicyclic) bond motifs is 2. The number of anilines is 2. The molecule has 3 aromatic carbocycles. The lowest BCUT2D eigenvalue weighted by molar-refractivity contribution is -0.136. The number of carbonyl (C=O) groups is 5. The first kappa shape index (κ1) is 46.9. The predicted molar refractivity (Wildman–Crippen MR) is 260 cm³/mol. The van der Waals surface area contributed by atoms with Gasteiger partial charge in [0.2, 0.25) is 11.8 Å². The van der Waals surface area contributed by atoms with Gasteiger partial charge in [0.05, 0.1) is 62.0 Å². The lowest BCUT2D eigenvalue weighted by Gasteiger charge is -2.39. The number of hydrogen-bond donors (Lipinski definition) is 3. The molecule has 1 unspecified atom stereocenters. The molecule has 9 rings (SSSR count). The summed E-state index contributed by atoms with van der Waals surface area (Å²) in [6.07, 6.45) is 7.76. The average molecular weight is 933 g/mol. The first-order chi connectivity index (χ1) is 33.6. The molecular weight excluding hydrogens is 877 g/mol. The molecule has 1 atom stereocenters. The van der Waals surface area contributed by atoms with Crippen LogP contribution in [-0.2, 0) is 40.4 Å². The minimum Gasteiger partial charge on any atom is -0.383 e. The Bertz CT molecular complexity index is 2890. The van der Waals surface area contributed by atoms with E-state index in [1.54, 1.807) is 24.4 Å². The molecule has 3 aromatic heterocycles. The summed E-state index contributed by atoms with van der Waals surface area (Å²) >= 11 is 0. The number of amides is 4. The number of ether oxygens (including phenoxy) is 3. The number of aryl methyl sites for hydroxylation is 1. The van der Waals surface area contributed by atoms with Gasteiger partial charge in [-0.15, -0.1) is 0 Å². The number of hydrogen-bond acceptors (Lipinski definition) is 13. The number of aromatic nitrogens is 4. The lowest BCUT2D eigenvalue weighted by Crippen LogP contribution is -2.54. The summed E-state index contributed by atoms with van der Waals surface area (Å²) < 4.78 is 19.0. The molecule has 69 heavy (non-hydrogen) atoms. The highest BCUT2D eigenvalue weighted by Gasteiger charge is 2.45. The maximum atomic E-state index is 13.3. The SMILES string of the molecule is CC1(c2ccc(-n3c(-c4cccnc4N)nc4ccc(-c5cccc(CCCC(=O)CCOCCOCCOCCNc6cccc7c6C(=O)N(C6CCC(=O)NC6=O)C7=O)c5)nc43)cc2)CCC1. The van der Waals surface area contributed by atoms with Crippen molar-refractivity contribution in [3.05, 3.63) is 119 Å². The van der Waals surface area contributed by atoms with E-state index < -0.39 is 29.7 Å². The number of imide groups is 2. The number of piperidine rings is 1. The maximum Gasteiger partial charge on any atom is 0.264 e. The Balaban J connectivity index is 0.681. The first-order valence-electron chi connectivity index (χ1n) is 23.7. The minimum absolute atomic E-state index is 0.0563. The van der Waals surface area contributed by atoms with Gasteiger partial charge < -0.3 is 25.3 Å². The van der Waals surface area contributed by atoms with E-state index in [9.17, 15) is 24.0 Å². The van der Waals surface area contributed by atoms with E-state index in [4.69, 9.17) is 29.9 Å². The highest BCUT2D eigenvalue weighted by Crippen LogP contribution is 2.43. The summed E-state index contributed by atoms with van der Waals surface area (Å²) in [6, 6.07) is 28.7. The van der Waals surface area contributed by atoms with E-state index in [0.717, 1.165) is 57.0 Å². The zero-order chi connectivity index (χ0) is 47.9. The summed E-state index contributed by atoms with van der Waals surface area (Å²) in [5.41, 5.74) is 14.9. The molecule has 1 saturated carbocycles. The van der Waals surface area contributed by atoms with E-state index in [1.165, 1.54) is 24.8 Å². The molecule has 4 N–H and O–H groups in total. The monoisotopic (exact) mass is 932 g/mol. The molecule has 356 valence electrons. The number of nitrogens with zero attached hydrogens (tertiary/aromatic N) is 5.